The average molecular weight is 391 g/mol. The Morgan fingerprint density at radius 1 is 0.714 bits per heavy atom. The fraction of sp³-hybridized carbons (Fsp3) is 0.667. The van der Waals surface area contributed by atoms with Crippen molar-refractivity contribution in [3.8, 4) is 0 Å². The van der Waals surface area contributed by atoms with Gasteiger partial charge in [0.1, 0.15) is 0 Å². The lowest BCUT2D eigenvalue weighted by molar-refractivity contribution is 0.0414. The second kappa shape index (κ2) is 14.2. The Kier molecular flexibility index (Phi) is 12.3. The Balaban J connectivity index is 2.50. The monoisotopic (exact) mass is 390 g/mol. The van der Waals surface area contributed by atoms with Crippen LogP contribution in [0.5, 0.6) is 0 Å². The molecular formula is C24H38O4. The molecule has 0 heterocycles. The van der Waals surface area contributed by atoms with Gasteiger partial charge in [-0.25, -0.2) is 9.59 Å². The van der Waals surface area contributed by atoms with Crippen LogP contribution in [0.25, 0.3) is 0 Å². The van der Waals surface area contributed by atoms with E-state index in [4.69, 9.17) is 9.47 Å². The molecule has 0 saturated heterocycles. The van der Waals surface area contributed by atoms with Crippen LogP contribution in [-0.2, 0) is 9.47 Å². The second-order valence-electron chi connectivity index (χ2n) is 7.61. The molecule has 0 fully saturated rings. The third kappa shape index (κ3) is 8.90. The maximum Gasteiger partial charge on any atom is 0.338 e. The van der Waals surface area contributed by atoms with Crippen LogP contribution in [0.2, 0.25) is 0 Å². The number of unbranched alkanes of at least 4 members (excludes halogenated alkanes) is 2. The SMILES string of the molecule is CCCC[C@H](CC)COC(=O)c1ccc(C(=O)OC[C@@H](CC)CCCC)cc1. The molecule has 2 atom stereocenters. The standard InChI is InChI=1S/C24H38O4/c1-5-9-11-19(7-3)17-27-23(25)21-13-15-22(16-14-21)24(26)28-18-20(8-4)12-10-6-2/h13-16,19-20H,5-12,17-18H2,1-4H3/t19-,20-/m0/s1. The van der Waals surface area contributed by atoms with Crippen LogP contribution in [0.4, 0.5) is 0 Å². The molecule has 0 saturated carbocycles. The molecule has 1 rings (SSSR count). The summed E-state index contributed by atoms with van der Waals surface area (Å²) in [5, 5.41) is 0. The van der Waals surface area contributed by atoms with E-state index >= 15 is 0 Å². The van der Waals surface area contributed by atoms with Crippen LogP contribution in [0.1, 0.15) is 99.8 Å². The molecule has 0 spiro atoms. The highest BCUT2D eigenvalue weighted by atomic mass is 16.5. The van der Waals surface area contributed by atoms with E-state index in [2.05, 4.69) is 27.7 Å². The summed E-state index contributed by atoms with van der Waals surface area (Å²) in [5.41, 5.74) is 0.938. The second-order valence-corrected chi connectivity index (χ2v) is 7.61. The summed E-state index contributed by atoms with van der Waals surface area (Å²) in [7, 11) is 0. The number of carbonyl (C=O) groups is 2. The van der Waals surface area contributed by atoms with Crippen molar-refractivity contribution in [3.63, 3.8) is 0 Å². The summed E-state index contributed by atoms with van der Waals surface area (Å²) in [5.74, 6) is 0.163. The van der Waals surface area contributed by atoms with E-state index in [0.29, 0.717) is 36.2 Å². The van der Waals surface area contributed by atoms with Gasteiger partial charge >= 0.3 is 11.9 Å². The Hall–Kier alpha value is -1.84. The van der Waals surface area contributed by atoms with E-state index < -0.39 is 0 Å². The molecule has 4 heteroatoms. The first kappa shape index (κ1) is 24.2. The first-order chi connectivity index (χ1) is 13.5. The highest BCUT2D eigenvalue weighted by molar-refractivity contribution is 5.93. The minimum atomic E-state index is -0.333. The van der Waals surface area contributed by atoms with E-state index in [-0.39, 0.29) is 11.9 Å². The van der Waals surface area contributed by atoms with Gasteiger partial charge in [0.2, 0.25) is 0 Å². The number of esters is 2. The summed E-state index contributed by atoms with van der Waals surface area (Å²) < 4.78 is 10.9. The number of carbonyl (C=O) groups excluding carboxylic acids is 2. The topological polar surface area (TPSA) is 52.6 Å². The third-order valence-electron chi connectivity index (χ3n) is 5.34. The molecule has 1 aromatic carbocycles. The van der Waals surface area contributed by atoms with Gasteiger partial charge in [0.15, 0.2) is 0 Å². The van der Waals surface area contributed by atoms with Crippen LogP contribution in [0, 0.1) is 11.8 Å². The molecule has 0 aliphatic heterocycles. The number of hydrogen-bond acceptors (Lipinski definition) is 4. The summed E-state index contributed by atoms with van der Waals surface area (Å²) in [4.78, 5) is 24.5. The summed E-state index contributed by atoms with van der Waals surface area (Å²) in [6.07, 6.45) is 8.81. The van der Waals surface area contributed by atoms with Gasteiger partial charge in [0, 0.05) is 0 Å². The molecule has 0 aliphatic rings. The molecule has 0 bridgehead atoms. The average Bonchev–Trinajstić information content (AvgIpc) is 2.73. The molecule has 28 heavy (non-hydrogen) atoms. The number of benzene rings is 1. The van der Waals surface area contributed by atoms with E-state index in [1.807, 2.05) is 0 Å². The molecule has 4 nitrogen and oxygen atoms in total. The van der Waals surface area contributed by atoms with Crippen molar-refractivity contribution < 1.29 is 19.1 Å². The number of rotatable bonds is 14. The number of hydrogen-bond donors (Lipinski definition) is 0. The van der Waals surface area contributed by atoms with Crippen molar-refractivity contribution in [2.24, 2.45) is 11.8 Å². The first-order valence-corrected chi connectivity index (χ1v) is 11.0. The van der Waals surface area contributed by atoms with E-state index in [0.717, 1.165) is 51.4 Å². The van der Waals surface area contributed by atoms with Crippen LogP contribution < -0.4 is 0 Å². The molecule has 0 radical (unpaired) electrons. The Morgan fingerprint density at radius 2 is 1.07 bits per heavy atom. The minimum absolute atomic E-state index is 0.333. The zero-order valence-corrected chi connectivity index (χ0v) is 18.2. The predicted octanol–water partition coefficient (Wildman–Crippen LogP) is 6.43. The van der Waals surface area contributed by atoms with Gasteiger partial charge < -0.3 is 9.47 Å². The summed E-state index contributed by atoms with van der Waals surface area (Å²) in [6.45, 7) is 9.49. The maximum absolute atomic E-state index is 12.2. The van der Waals surface area contributed by atoms with Gasteiger partial charge in [0.25, 0.3) is 0 Å². The van der Waals surface area contributed by atoms with Gasteiger partial charge in [-0.3, -0.25) is 0 Å². The normalized spacial score (nSPS) is 13.0. The smallest absolute Gasteiger partial charge is 0.338 e. The third-order valence-corrected chi connectivity index (χ3v) is 5.34. The zero-order valence-electron chi connectivity index (χ0n) is 18.2. The lowest BCUT2D eigenvalue weighted by atomic mass is 10.0. The van der Waals surface area contributed by atoms with Gasteiger partial charge in [0.05, 0.1) is 24.3 Å². The molecule has 0 amide bonds. The summed E-state index contributed by atoms with van der Waals surface area (Å²) in [6, 6.07) is 6.56. The highest BCUT2D eigenvalue weighted by Gasteiger charge is 2.15. The van der Waals surface area contributed by atoms with Crippen molar-refractivity contribution in [3.05, 3.63) is 35.4 Å². The molecular weight excluding hydrogens is 352 g/mol. The van der Waals surface area contributed by atoms with Gasteiger partial charge in [-0.1, -0.05) is 66.2 Å². The summed E-state index contributed by atoms with van der Waals surface area (Å²) >= 11 is 0. The lowest BCUT2D eigenvalue weighted by Gasteiger charge is -2.15. The van der Waals surface area contributed by atoms with Crippen molar-refractivity contribution >= 4 is 11.9 Å². The fourth-order valence-electron chi connectivity index (χ4n) is 3.09. The van der Waals surface area contributed by atoms with Gasteiger partial charge in [-0.05, 0) is 48.9 Å². The Morgan fingerprint density at radius 3 is 1.36 bits per heavy atom. The van der Waals surface area contributed by atoms with Crippen LogP contribution in [0.15, 0.2) is 24.3 Å². The molecule has 0 N–H and O–H groups in total. The van der Waals surface area contributed by atoms with Crippen molar-refractivity contribution in [2.45, 2.75) is 79.1 Å². The molecule has 0 aliphatic carbocycles. The highest BCUT2D eigenvalue weighted by Crippen LogP contribution is 2.16. The van der Waals surface area contributed by atoms with Crippen LogP contribution in [0.3, 0.4) is 0 Å². The predicted molar refractivity (Wildman–Crippen MR) is 114 cm³/mol. The Bertz CT molecular complexity index is 513. The fourth-order valence-corrected chi connectivity index (χ4v) is 3.09. The van der Waals surface area contributed by atoms with E-state index in [1.54, 1.807) is 24.3 Å². The lowest BCUT2D eigenvalue weighted by Crippen LogP contribution is -2.15. The van der Waals surface area contributed by atoms with Crippen LogP contribution in [-0.4, -0.2) is 25.2 Å². The first-order valence-electron chi connectivity index (χ1n) is 11.0. The quantitative estimate of drug-likeness (QED) is 0.343. The van der Waals surface area contributed by atoms with Crippen LogP contribution >= 0.6 is 0 Å². The van der Waals surface area contributed by atoms with E-state index in [1.165, 1.54) is 0 Å². The van der Waals surface area contributed by atoms with E-state index in [9.17, 15) is 9.59 Å². The molecule has 0 unspecified atom stereocenters. The maximum atomic E-state index is 12.2. The molecule has 1 aromatic rings. The van der Waals surface area contributed by atoms with Gasteiger partial charge in [-0.15, -0.1) is 0 Å². The minimum Gasteiger partial charge on any atom is -0.462 e. The van der Waals surface area contributed by atoms with Crippen molar-refractivity contribution in [1.82, 2.24) is 0 Å². The molecule has 158 valence electrons. The van der Waals surface area contributed by atoms with Gasteiger partial charge in [-0.2, -0.15) is 0 Å². The Labute approximate surface area is 171 Å². The number of ether oxygens (including phenoxy) is 2. The van der Waals surface area contributed by atoms with Crippen molar-refractivity contribution in [1.29, 1.82) is 0 Å². The van der Waals surface area contributed by atoms with Crippen molar-refractivity contribution in [2.75, 3.05) is 13.2 Å². The zero-order chi connectivity index (χ0) is 20.8. The molecule has 0 aromatic heterocycles. The largest absolute Gasteiger partial charge is 0.462 e.